The molecule has 2 aromatic heterocycles. The highest BCUT2D eigenvalue weighted by molar-refractivity contribution is 6.04. The molecule has 4 rings (SSSR count). The van der Waals surface area contributed by atoms with Gasteiger partial charge in [0.15, 0.2) is 0 Å². The van der Waals surface area contributed by atoms with Crippen molar-refractivity contribution in [1.82, 2.24) is 9.97 Å². The fourth-order valence-corrected chi connectivity index (χ4v) is 4.32. The monoisotopic (exact) mass is 517 g/mol. The first kappa shape index (κ1) is 26.5. The second kappa shape index (κ2) is 10.8. The Kier molecular flexibility index (Phi) is 7.73. The molecular weight excluding hydrogens is 491 g/mol. The lowest BCUT2D eigenvalue weighted by atomic mass is 9.92. The second-order valence-electron chi connectivity index (χ2n) is 8.97. The van der Waals surface area contributed by atoms with E-state index in [0.29, 0.717) is 24.5 Å². The standard InChI is InChI=1S/C25H26F3N5O4/c1-12-9-33(10-17(29)24(12)36)20-4-5-30-8-19(20)32-25(37)18-3-2-14(26)23(31-18)22-15(27)6-13(7-16(22)28)21(35)11-34/h2-8,12,17,21,24,34-36H,9-11,29H2,1H3,(H,32,37)/t12-,17+,21+,24+/m0/s1. The number of anilines is 2. The van der Waals surface area contributed by atoms with Gasteiger partial charge in [0.25, 0.3) is 5.91 Å². The Morgan fingerprint density at radius 2 is 1.89 bits per heavy atom. The lowest BCUT2D eigenvalue weighted by Gasteiger charge is -2.40. The van der Waals surface area contributed by atoms with E-state index in [1.54, 1.807) is 6.07 Å². The van der Waals surface area contributed by atoms with Crippen LogP contribution in [0.25, 0.3) is 11.3 Å². The predicted octanol–water partition coefficient (Wildman–Crippen LogP) is 1.98. The molecule has 3 heterocycles. The molecule has 1 aliphatic heterocycles. The summed E-state index contributed by atoms with van der Waals surface area (Å²) < 4.78 is 44.0. The van der Waals surface area contributed by atoms with Gasteiger partial charge in [0.05, 0.1) is 35.8 Å². The lowest BCUT2D eigenvalue weighted by Crippen LogP contribution is -2.55. The van der Waals surface area contributed by atoms with Gasteiger partial charge in [-0.1, -0.05) is 6.92 Å². The van der Waals surface area contributed by atoms with Crippen LogP contribution >= 0.6 is 0 Å². The fraction of sp³-hybridized carbons (Fsp3) is 0.320. The summed E-state index contributed by atoms with van der Waals surface area (Å²) in [6.45, 7) is 1.90. The smallest absolute Gasteiger partial charge is 0.274 e. The van der Waals surface area contributed by atoms with Crippen LogP contribution in [0.1, 0.15) is 29.1 Å². The molecule has 4 atom stereocenters. The van der Waals surface area contributed by atoms with Gasteiger partial charge in [-0.2, -0.15) is 0 Å². The zero-order chi connectivity index (χ0) is 26.9. The van der Waals surface area contributed by atoms with Gasteiger partial charge in [0, 0.05) is 31.2 Å². The molecule has 12 heteroatoms. The minimum atomic E-state index is -1.53. The number of aliphatic hydroxyl groups excluding tert-OH is 3. The van der Waals surface area contributed by atoms with Crippen molar-refractivity contribution in [1.29, 1.82) is 0 Å². The van der Waals surface area contributed by atoms with E-state index < -0.39 is 59.5 Å². The summed E-state index contributed by atoms with van der Waals surface area (Å²) >= 11 is 0. The molecule has 1 aromatic carbocycles. The molecular formula is C25H26F3N5O4. The highest BCUT2D eigenvalue weighted by atomic mass is 19.1. The molecule has 1 fully saturated rings. The quantitative estimate of drug-likeness (QED) is 0.334. The van der Waals surface area contributed by atoms with Crippen LogP contribution in [0.3, 0.4) is 0 Å². The third kappa shape index (κ3) is 5.42. The number of nitrogens with zero attached hydrogens (tertiary/aromatic N) is 3. The highest BCUT2D eigenvalue weighted by Crippen LogP contribution is 2.32. The molecule has 0 radical (unpaired) electrons. The molecule has 1 aliphatic rings. The molecule has 196 valence electrons. The third-order valence-corrected chi connectivity index (χ3v) is 6.29. The van der Waals surface area contributed by atoms with Gasteiger partial charge in [0.1, 0.15) is 34.9 Å². The highest BCUT2D eigenvalue weighted by Gasteiger charge is 2.32. The average molecular weight is 518 g/mol. The number of aromatic nitrogens is 2. The number of piperidine rings is 1. The first-order chi connectivity index (χ1) is 17.6. The Balaban J connectivity index is 1.63. The molecule has 6 N–H and O–H groups in total. The molecule has 0 aliphatic carbocycles. The Hall–Kier alpha value is -3.58. The van der Waals surface area contributed by atoms with Crippen LogP contribution < -0.4 is 16.0 Å². The molecule has 3 aromatic rings. The van der Waals surface area contributed by atoms with Crippen LogP contribution in [0.4, 0.5) is 24.5 Å². The second-order valence-corrected chi connectivity index (χ2v) is 8.97. The van der Waals surface area contributed by atoms with Gasteiger partial charge < -0.3 is 31.3 Å². The number of nitrogens with one attached hydrogen (secondary N) is 1. The van der Waals surface area contributed by atoms with Crippen molar-refractivity contribution in [2.45, 2.75) is 25.2 Å². The van der Waals surface area contributed by atoms with Crippen LogP contribution in [0.5, 0.6) is 0 Å². The van der Waals surface area contributed by atoms with Crippen molar-refractivity contribution in [2.75, 3.05) is 29.9 Å². The largest absolute Gasteiger partial charge is 0.393 e. The predicted molar refractivity (Wildman–Crippen MR) is 129 cm³/mol. The van der Waals surface area contributed by atoms with Crippen LogP contribution in [-0.2, 0) is 0 Å². The van der Waals surface area contributed by atoms with Gasteiger partial charge in [-0.25, -0.2) is 18.2 Å². The number of rotatable bonds is 6. The summed E-state index contributed by atoms with van der Waals surface area (Å²) in [6.07, 6.45) is 0.745. The molecule has 0 bridgehead atoms. The van der Waals surface area contributed by atoms with Gasteiger partial charge >= 0.3 is 0 Å². The van der Waals surface area contributed by atoms with Crippen LogP contribution in [0, 0.1) is 23.4 Å². The van der Waals surface area contributed by atoms with E-state index in [1.807, 2.05) is 11.8 Å². The number of pyridine rings is 2. The Labute approximate surface area is 210 Å². The maximum absolute atomic E-state index is 14.7. The van der Waals surface area contributed by atoms with E-state index in [1.165, 1.54) is 12.4 Å². The van der Waals surface area contributed by atoms with E-state index >= 15 is 0 Å². The zero-order valence-electron chi connectivity index (χ0n) is 19.8. The van der Waals surface area contributed by atoms with Crippen molar-refractivity contribution >= 4 is 17.3 Å². The number of hydrogen-bond donors (Lipinski definition) is 5. The number of benzene rings is 1. The summed E-state index contributed by atoms with van der Waals surface area (Å²) in [4.78, 5) is 22.8. The van der Waals surface area contributed by atoms with Gasteiger partial charge in [-0.05, 0) is 35.9 Å². The lowest BCUT2D eigenvalue weighted by molar-refractivity contribution is 0.0785. The summed E-state index contributed by atoms with van der Waals surface area (Å²) in [7, 11) is 0. The number of aliphatic hydroxyl groups is 3. The Bertz CT molecular complexity index is 1280. The molecule has 0 unspecified atom stereocenters. The SMILES string of the molecule is C[C@H]1CN(c2ccncc2NC(=O)c2ccc(F)c(-c3c(F)cc([C@H](O)CO)cc3F)n2)C[C@@H](N)[C@@H]1O. The van der Waals surface area contributed by atoms with Crippen LogP contribution in [0.15, 0.2) is 42.7 Å². The summed E-state index contributed by atoms with van der Waals surface area (Å²) in [5, 5.41) is 31.5. The average Bonchev–Trinajstić information content (AvgIpc) is 2.87. The third-order valence-electron chi connectivity index (χ3n) is 6.29. The first-order valence-electron chi connectivity index (χ1n) is 11.5. The van der Waals surface area contributed by atoms with Crippen LogP contribution in [0.2, 0.25) is 0 Å². The van der Waals surface area contributed by atoms with Gasteiger partial charge in [-0.3, -0.25) is 9.78 Å². The topological polar surface area (TPSA) is 145 Å². The molecule has 1 amide bonds. The first-order valence-corrected chi connectivity index (χ1v) is 11.5. The number of carbonyl (C=O) groups is 1. The Morgan fingerprint density at radius 3 is 2.54 bits per heavy atom. The minimum absolute atomic E-state index is 0.128. The van der Waals surface area contributed by atoms with E-state index in [4.69, 9.17) is 10.8 Å². The molecule has 0 spiro atoms. The molecule has 9 nitrogen and oxygen atoms in total. The maximum Gasteiger partial charge on any atom is 0.274 e. The molecule has 0 saturated carbocycles. The van der Waals surface area contributed by atoms with E-state index in [9.17, 15) is 28.2 Å². The summed E-state index contributed by atoms with van der Waals surface area (Å²) in [6, 6.07) is 4.62. The van der Waals surface area contributed by atoms with Crippen molar-refractivity contribution in [2.24, 2.45) is 11.7 Å². The fourth-order valence-electron chi connectivity index (χ4n) is 4.32. The van der Waals surface area contributed by atoms with E-state index in [0.717, 1.165) is 24.3 Å². The Morgan fingerprint density at radius 1 is 1.19 bits per heavy atom. The van der Waals surface area contributed by atoms with Crippen molar-refractivity contribution in [3.63, 3.8) is 0 Å². The van der Waals surface area contributed by atoms with E-state index in [2.05, 4.69) is 15.3 Å². The molecule has 1 saturated heterocycles. The minimum Gasteiger partial charge on any atom is -0.393 e. The molecule has 37 heavy (non-hydrogen) atoms. The number of amides is 1. The summed E-state index contributed by atoms with van der Waals surface area (Å²) in [5.74, 6) is -4.42. The number of hydrogen-bond acceptors (Lipinski definition) is 8. The normalized spacial score (nSPS) is 20.5. The van der Waals surface area contributed by atoms with Crippen LogP contribution in [-0.4, -0.2) is 63.0 Å². The van der Waals surface area contributed by atoms with Gasteiger partial charge in [-0.15, -0.1) is 0 Å². The van der Waals surface area contributed by atoms with Crippen molar-refractivity contribution in [3.05, 3.63) is 71.4 Å². The number of carbonyl (C=O) groups excluding carboxylic acids is 1. The van der Waals surface area contributed by atoms with Crippen molar-refractivity contribution in [3.8, 4) is 11.3 Å². The van der Waals surface area contributed by atoms with E-state index in [-0.39, 0.29) is 17.2 Å². The van der Waals surface area contributed by atoms with Gasteiger partial charge in [0.2, 0.25) is 0 Å². The zero-order valence-corrected chi connectivity index (χ0v) is 19.8. The van der Waals surface area contributed by atoms with Crippen molar-refractivity contribution < 1.29 is 33.3 Å². The number of halogens is 3. The maximum atomic E-state index is 14.7. The summed E-state index contributed by atoms with van der Waals surface area (Å²) in [5.41, 5.74) is 4.84. The number of nitrogens with two attached hydrogens (primary N) is 1.